The summed E-state index contributed by atoms with van der Waals surface area (Å²) in [5.74, 6) is 0. The van der Waals surface area contributed by atoms with Gasteiger partial charge in [-0.15, -0.1) is 9.60 Å². The molecule has 6 heteroatoms. The largest absolute Gasteiger partial charge is 0.294 e. The molecule has 1 saturated heterocycles. The van der Waals surface area contributed by atoms with Crippen LogP contribution in [0.3, 0.4) is 0 Å². The van der Waals surface area contributed by atoms with E-state index in [1.807, 2.05) is 6.92 Å². The number of hydrogen-bond donors (Lipinski definition) is 1. The second-order valence-corrected chi connectivity index (χ2v) is 5.33. The lowest BCUT2D eigenvalue weighted by atomic mass is 10.2. The Labute approximate surface area is 101 Å². The van der Waals surface area contributed by atoms with Gasteiger partial charge in [-0.3, -0.25) is 4.55 Å². The molecule has 0 amide bonds. The molecule has 96 valence electrons. The maximum Gasteiger partial charge on any atom is 0.294 e. The summed E-state index contributed by atoms with van der Waals surface area (Å²) in [5, 5.41) is 0.861. The lowest BCUT2D eigenvalue weighted by Gasteiger charge is -1.95. The number of hydrogen-bond acceptors (Lipinski definition) is 3. The third kappa shape index (κ3) is 5.25. The van der Waals surface area contributed by atoms with Crippen molar-refractivity contribution in [1.82, 2.24) is 5.12 Å². The highest BCUT2D eigenvalue weighted by Crippen LogP contribution is 2.08. The smallest absolute Gasteiger partial charge is 0.282 e. The van der Waals surface area contributed by atoms with E-state index in [9.17, 15) is 12.9 Å². The van der Waals surface area contributed by atoms with Crippen molar-refractivity contribution >= 4 is 10.1 Å². The first-order valence-corrected chi connectivity index (χ1v) is 6.78. The normalized spacial score (nSPS) is 16.4. The molecule has 1 N–H and O–H groups in total. The number of nitrogens with zero attached hydrogens (tertiary/aromatic N) is 1. The van der Waals surface area contributed by atoms with Gasteiger partial charge < -0.3 is 0 Å². The molecule has 0 spiro atoms. The highest BCUT2D eigenvalue weighted by atomic mass is 32.2. The average Bonchev–Trinajstić information content (AvgIpc) is 2.69. The maximum absolute atomic E-state index is 11.8. The number of rotatable bonds is 1. The summed E-state index contributed by atoms with van der Waals surface area (Å²) in [4.78, 5) is -0.0666. The molecule has 1 aromatic carbocycles. The van der Waals surface area contributed by atoms with Crippen LogP contribution in [0.2, 0.25) is 0 Å². The molecule has 0 aromatic heterocycles. The minimum atomic E-state index is -4.02. The first-order valence-electron chi connectivity index (χ1n) is 5.34. The van der Waals surface area contributed by atoms with E-state index in [1.165, 1.54) is 12.1 Å². The topological polar surface area (TPSA) is 57.6 Å². The third-order valence-electron chi connectivity index (χ3n) is 2.37. The van der Waals surface area contributed by atoms with Crippen molar-refractivity contribution in [2.75, 3.05) is 13.1 Å². The molecule has 4 nitrogen and oxygen atoms in total. The molecule has 1 aliphatic rings. The van der Waals surface area contributed by atoms with E-state index in [2.05, 4.69) is 0 Å². The van der Waals surface area contributed by atoms with E-state index < -0.39 is 10.1 Å². The zero-order valence-corrected chi connectivity index (χ0v) is 10.5. The van der Waals surface area contributed by atoms with Gasteiger partial charge in [-0.25, -0.2) is 0 Å². The van der Waals surface area contributed by atoms with Crippen LogP contribution >= 0.6 is 0 Å². The van der Waals surface area contributed by atoms with Crippen molar-refractivity contribution in [2.45, 2.75) is 24.7 Å². The zero-order valence-electron chi connectivity index (χ0n) is 9.63. The Hall–Kier alpha value is -0.980. The van der Waals surface area contributed by atoms with Crippen molar-refractivity contribution in [1.29, 1.82) is 0 Å². The van der Waals surface area contributed by atoms with Crippen LogP contribution in [0.4, 0.5) is 4.48 Å². The summed E-state index contributed by atoms with van der Waals surface area (Å²) in [6.45, 7) is 3.15. The van der Waals surface area contributed by atoms with E-state index >= 15 is 0 Å². The molecule has 1 heterocycles. The fraction of sp³-hybridized carbons (Fsp3) is 0.455. The van der Waals surface area contributed by atoms with E-state index in [0.717, 1.165) is 23.5 Å². The summed E-state index contributed by atoms with van der Waals surface area (Å²) < 4.78 is 41.3. The van der Waals surface area contributed by atoms with Crippen LogP contribution in [0.1, 0.15) is 18.4 Å². The lowest BCUT2D eigenvalue weighted by Crippen LogP contribution is -2.04. The Balaban J connectivity index is 0.000000202. The quantitative estimate of drug-likeness (QED) is 0.622. The molecular formula is C11H16FNO3S. The van der Waals surface area contributed by atoms with Gasteiger partial charge in [0.25, 0.3) is 10.1 Å². The minimum Gasteiger partial charge on any atom is -0.282 e. The predicted octanol–water partition coefficient (Wildman–Crippen LogP) is 2.21. The first-order chi connectivity index (χ1) is 7.89. The molecule has 1 aromatic rings. The molecule has 1 aliphatic heterocycles. The van der Waals surface area contributed by atoms with Gasteiger partial charge in [0, 0.05) is 13.1 Å². The molecule has 2 rings (SSSR count). The molecule has 0 bridgehead atoms. The zero-order chi connectivity index (χ0) is 12.9. The fourth-order valence-corrected chi connectivity index (χ4v) is 1.87. The second kappa shape index (κ2) is 6.09. The summed E-state index contributed by atoms with van der Waals surface area (Å²) in [6, 6.07) is 5.99. The SMILES string of the molecule is Cc1ccc(S(=O)(=O)O)cc1.FN1CCCC1. The summed E-state index contributed by atoms with van der Waals surface area (Å²) in [6.07, 6.45) is 2.08. The van der Waals surface area contributed by atoms with Gasteiger partial charge in [0.15, 0.2) is 0 Å². The Morgan fingerprint density at radius 3 is 1.94 bits per heavy atom. The van der Waals surface area contributed by atoms with Crippen LogP contribution in [0.5, 0.6) is 0 Å². The number of halogens is 1. The molecule has 0 unspecified atom stereocenters. The van der Waals surface area contributed by atoms with E-state index in [0.29, 0.717) is 13.1 Å². The van der Waals surface area contributed by atoms with Crippen LogP contribution in [0.15, 0.2) is 29.2 Å². The standard InChI is InChI=1S/C7H8O3S.C4H8FN/c1-6-2-4-7(5-3-6)11(8,9)10;5-6-3-1-2-4-6/h2-5H,1H3,(H,8,9,10);1-4H2. The van der Waals surface area contributed by atoms with Gasteiger partial charge >= 0.3 is 0 Å². The molecule has 1 fully saturated rings. The maximum atomic E-state index is 11.8. The Morgan fingerprint density at radius 1 is 1.18 bits per heavy atom. The first kappa shape index (κ1) is 14.1. The summed E-state index contributed by atoms with van der Waals surface area (Å²) in [5.41, 5.74) is 0.956. The fourth-order valence-electron chi connectivity index (χ4n) is 1.39. The van der Waals surface area contributed by atoms with Crippen LogP contribution in [-0.2, 0) is 10.1 Å². The van der Waals surface area contributed by atoms with Gasteiger partial charge in [0.2, 0.25) is 0 Å². The van der Waals surface area contributed by atoms with Crippen LogP contribution in [0.25, 0.3) is 0 Å². The Morgan fingerprint density at radius 2 is 1.65 bits per heavy atom. The van der Waals surface area contributed by atoms with Crippen LogP contribution in [0, 0.1) is 6.92 Å². The van der Waals surface area contributed by atoms with Crippen LogP contribution in [-0.4, -0.2) is 31.2 Å². The van der Waals surface area contributed by atoms with Crippen molar-refractivity contribution in [2.24, 2.45) is 0 Å². The highest BCUT2D eigenvalue weighted by molar-refractivity contribution is 7.85. The van der Waals surface area contributed by atoms with Gasteiger partial charge in [-0.05, 0) is 31.9 Å². The predicted molar refractivity (Wildman–Crippen MR) is 62.9 cm³/mol. The van der Waals surface area contributed by atoms with E-state index in [4.69, 9.17) is 4.55 Å². The van der Waals surface area contributed by atoms with E-state index in [1.54, 1.807) is 12.1 Å². The second-order valence-electron chi connectivity index (χ2n) is 3.91. The molecule has 0 saturated carbocycles. The van der Waals surface area contributed by atoms with Crippen molar-refractivity contribution < 1.29 is 17.5 Å². The average molecular weight is 261 g/mol. The van der Waals surface area contributed by atoms with Crippen LogP contribution < -0.4 is 0 Å². The number of aryl methyl sites for hydroxylation is 1. The Bertz CT molecular complexity index is 438. The molecule has 17 heavy (non-hydrogen) atoms. The summed E-state index contributed by atoms with van der Waals surface area (Å²) in [7, 11) is -4.02. The van der Waals surface area contributed by atoms with Gasteiger partial charge in [0.1, 0.15) is 0 Å². The molecule has 0 atom stereocenters. The minimum absolute atomic E-state index is 0.0666. The molecule has 0 radical (unpaired) electrons. The third-order valence-corrected chi connectivity index (χ3v) is 3.24. The number of benzene rings is 1. The van der Waals surface area contributed by atoms with Crippen molar-refractivity contribution in [3.05, 3.63) is 29.8 Å². The van der Waals surface area contributed by atoms with Crippen molar-refractivity contribution in [3.8, 4) is 0 Å². The molecule has 0 aliphatic carbocycles. The molecular weight excluding hydrogens is 245 g/mol. The van der Waals surface area contributed by atoms with E-state index in [-0.39, 0.29) is 4.90 Å². The van der Waals surface area contributed by atoms with Crippen molar-refractivity contribution in [3.63, 3.8) is 0 Å². The lowest BCUT2D eigenvalue weighted by molar-refractivity contribution is 0.0574. The monoisotopic (exact) mass is 261 g/mol. The highest BCUT2D eigenvalue weighted by Gasteiger charge is 2.08. The van der Waals surface area contributed by atoms with Gasteiger partial charge in [0.05, 0.1) is 4.90 Å². The summed E-state index contributed by atoms with van der Waals surface area (Å²) >= 11 is 0. The Kier molecular flexibility index (Phi) is 5.04. The van der Waals surface area contributed by atoms with Gasteiger partial charge in [-0.2, -0.15) is 8.42 Å². The van der Waals surface area contributed by atoms with Gasteiger partial charge in [-0.1, -0.05) is 17.7 Å².